The molecule has 1 unspecified atom stereocenters. The molecule has 1 amide bonds. The smallest absolute Gasteiger partial charge is 0.251 e. The van der Waals surface area contributed by atoms with Crippen LogP contribution in [0.4, 0.5) is 5.69 Å². The number of benzene rings is 2. The van der Waals surface area contributed by atoms with Gasteiger partial charge in [-0.15, -0.1) is 0 Å². The molecule has 1 heterocycles. The first kappa shape index (κ1) is 18.0. The zero-order valence-electron chi connectivity index (χ0n) is 14.3. The SMILES string of the molecule is CC(NC(=O)c1ccc(N2CCCS2(=O)=O)cc1)c1ccc(C#N)cc1. The highest BCUT2D eigenvalue weighted by Gasteiger charge is 2.28. The summed E-state index contributed by atoms with van der Waals surface area (Å²) in [5.74, 6) is -0.0742. The molecule has 2 aromatic carbocycles. The van der Waals surface area contributed by atoms with Crippen LogP contribution in [0.15, 0.2) is 48.5 Å². The van der Waals surface area contributed by atoms with Crippen molar-refractivity contribution in [1.29, 1.82) is 5.26 Å². The van der Waals surface area contributed by atoms with Crippen molar-refractivity contribution in [2.75, 3.05) is 16.6 Å². The second-order valence-corrected chi connectivity index (χ2v) is 8.23. The number of amides is 1. The summed E-state index contributed by atoms with van der Waals surface area (Å²) < 4.78 is 25.3. The molecule has 6 nitrogen and oxygen atoms in total. The summed E-state index contributed by atoms with van der Waals surface area (Å²) in [7, 11) is -3.22. The summed E-state index contributed by atoms with van der Waals surface area (Å²) in [6.45, 7) is 2.34. The van der Waals surface area contributed by atoms with Crippen molar-refractivity contribution in [2.24, 2.45) is 0 Å². The fourth-order valence-corrected chi connectivity index (χ4v) is 4.48. The van der Waals surface area contributed by atoms with Crippen molar-refractivity contribution >= 4 is 21.6 Å². The molecule has 1 atom stereocenters. The molecular weight excluding hydrogens is 350 g/mol. The fourth-order valence-electron chi connectivity index (χ4n) is 2.92. The second kappa shape index (κ2) is 7.18. The predicted molar refractivity (Wildman–Crippen MR) is 99.2 cm³/mol. The molecule has 7 heteroatoms. The number of anilines is 1. The van der Waals surface area contributed by atoms with E-state index in [4.69, 9.17) is 5.26 Å². The molecule has 1 saturated heterocycles. The number of nitriles is 1. The van der Waals surface area contributed by atoms with Crippen molar-refractivity contribution < 1.29 is 13.2 Å². The Hall–Kier alpha value is -2.85. The van der Waals surface area contributed by atoms with Gasteiger partial charge in [0, 0.05) is 12.1 Å². The molecule has 134 valence electrons. The number of carbonyl (C=O) groups is 1. The van der Waals surface area contributed by atoms with Gasteiger partial charge in [-0.25, -0.2) is 8.42 Å². The van der Waals surface area contributed by atoms with Crippen LogP contribution < -0.4 is 9.62 Å². The predicted octanol–water partition coefficient (Wildman–Crippen LogP) is 2.59. The highest BCUT2D eigenvalue weighted by atomic mass is 32.2. The Kier molecular flexibility index (Phi) is 4.96. The van der Waals surface area contributed by atoms with E-state index in [1.54, 1.807) is 36.4 Å². The Morgan fingerprint density at radius 2 is 1.81 bits per heavy atom. The fraction of sp³-hybridized carbons (Fsp3) is 0.263. The zero-order chi connectivity index (χ0) is 18.7. The highest BCUT2D eigenvalue weighted by molar-refractivity contribution is 7.93. The lowest BCUT2D eigenvalue weighted by molar-refractivity contribution is 0.0940. The minimum absolute atomic E-state index is 0.164. The summed E-state index contributed by atoms with van der Waals surface area (Å²) in [4.78, 5) is 12.4. The van der Waals surface area contributed by atoms with Crippen LogP contribution in [0.2, 0.25) is 0 Å². The average molecular weight is 369 g/mol. The van der Waals surface area contributed by atoms with Crippen LogP contribution in [0.1, 0.15) is 40.9 Å². The Balaban J connectivity index is 1.69. The molecular formula is C19H19N3O3S. The average Bonchev–Trinajstić information content (AvgIpc) is 3.01. The Morgan fingerprint density at radius 3 is 2.35 bits per heavy atom. The second-order valence-electron chi connectivity index (χ2n) is 6.22. The normalized spacial score (nSPS) is 16.7. The first-order valence-electron chi connectivity index (χ1n) is 8.32. The number of rotatable bonds is 4. The third-order valence-corrected chi connectivity index (χ3v) is 6.27. The highest BCUT2D eigenvalue weighted by Crippen LogP contribution is 2.24. The minimum Gasteiger partial charge on any atom is -0.346 e. The molecule has 1 N–H and O–H groups in total. The van der Waals surface area contributed by atoms with E-state index in [-0.39, 0.29) is 17.7 Å². The first-order valence-corrected chi connectivity index (χ1v) is 9.93. The molecule has 3 rings (SSSR count). The number of nitrogens with one attached hydrogen (secondary N) is 1. The van der Waals surface area contributed by atoms with Gasteiger partial charge in [0.1, 0.15) is 0 Å². The summed E-state index contributed by atoms with van der Waals surface area (Å²) >= 11 is 0. The van der Waals surface area contributed by atoms with E-state index in [1.165, 1.54) is 4.31 Å². The van der Waals surface area contributed by atoms with Gasteiger partial charge >= 0.3 is 0 Å². The van der Waals surface area contributed by atoms with Crippen molar-refractivity contribution in [3.63, 3.8) is 0 Å². The monoisotopic (exact) mass is 369 g/mol. The van der Waals surface area contributed by atoms with Gasteiger partial charge in [0.05, 0.1) is 29.1 Å². The quantitative estimate of drug-likeness (QED) is 0.897. The lowest BCUT2D eigenvalue weighted by atomic mass is 10.1. The van der Waals surface area contributed by atoms with Gasteiger partial charge in [-0.3, -0.25) is 9.10 Å². The van der Waals surface area contributed by atoms with Gasteiger partial charge in [-0.1, -0.05) is 12.1 Å². The van der Waals surface area contributed by atoms with Crippen LogP contribution in [0.25, 0.3) is 0 Å². The lowest BCUT2D eigenvalue weighted by Crippen LogP contribution is -2.27. The Morgan fingerprint density at radius 1 is 1.15 bits per heavy atom. The molecule has 0 aliphatic carbocycles. The molecule has 0 bridgehead atoms. The van der Waals surface area contributed by atoms with Crippen LogP contribution in [0.5, 0.6) is 0 Å². The maximum absolute atomic E-state index is 12.4. The number of sulfonamides is 1. The maximum atomic E-state index is 12.4. The van der Waals surface area contributed by atoms with Crippen LogP contribution in [-0.4, -0.2) is 26.6 Å². The van der Waals surface area contributed by atoms with Crippen molar-refractivity contribution in [3.05, 3.63) is 65.2 Å². The topological polar surface area (TPSA) is 90.3 Å². The molecule has 0 saturated carbocycles. The standard InChI is InChI=1S/C19H19N3O3S/c1-14(16-5-3-15(13-20)4-6-16)21-19(23)17-7-9-18(10-8-17)22-11-2-12-26(22,24)25/h3-10,14H,2,11-12H2,1H3,(H,21,23). The van der Waals surface area contributed by atoms with Crippen LogP contribution >= 0.6 is 0 Å². The minimum atomic E-state index is -3.22. The molecule has 1 aliphatic heterocycles. The molecule has 0 radical (unpaired) electrons. The van der Waals surface area contributed by atoms with E-state index < -0.39 is 10.0 Å². The van der Waals surface area contributed by atoms with Crippen molar-refractivity contribution in [2.45, 2.75) is 19.4 Å². The number of nitrogens with zero attached hydrogens (tertiary/aromatic N) is 2. The number of hydrogen-bond acceptors (Lipinski definition) is 4. The maximum Gasteiger partial charge on any atom is 0.251 e. The van der Waals surface area contributed by atoms with Crippen molar-refractivity contribution in [1.82, 2.24) is 5.32 Å². The molecule has 0 spiro atoms. The number of carbonyl (C=O) groups excluding carboxylic acids is 1. The van der Waals surface area contributed by atoms with Gasteiger partial charge < -0.3 is 5.32 Å². The van der Waals surface area contributed by atoms with Crippen molar-refractivity contribution in [3.8, 4) is 6.07 Å². The van der Waals surface area contributed by atoms with E-state index in [1.807, 2.05) is 19.1 Å². The summed E-state index contributed by atoms with van der Waals surface area (Å²) in [6.07, 6.45) is 0.618. The summed E-state index contributed by atoms with van der Waals surface area (Å²) in [5, 5.41) is 11.7. The van der Waals surface area contributed by atoms with Crippen LogP contribution in [-0.2, 0) is 10.0 Å². The van der Waals surface area contributed by atoms with E-state index in [9.17, 15) is 13.2 Å². The third kappa shape index (κ3) is 3.70. The summed E-state index contributed by atoms with van der Waals surface area (Å²) in [6, 6.07) is 15.5. The molecule has 2 aromatic rings. The van der Waals surface area contributed by atoms with Crippen LogP contribution in [0.3, 0.4) is 0 Å². The van der Waals surface area contributed by atoms with E-state index in [0.717, 1.165) is 5.56 Å². The van der Waals surface area contributed by atoms with Gasteiger partial charge in [0.15, 0.2) is 0 Å². The Bertz CT molecular complexity index is 945. The zero-order valence-corrected chi connectivity index (χ0v) is 15.2. The third-order valence-electron chi connectivity index (χ3n) is 4.40. The van der Waals surface area contributed by atoms with Crippen LogP contribution in [0, 0.1) is 11.3 Å². The van der Waals surface area contributed by atoms with Gasteiger partial charge in [0.2, 0.25) is 10.0 Å². The lowest BCUT2D eigenvalue weighted by Gasteiger charge is -2.18. The molecule has 26 heavy (non-hydrogen) atoms. The molecule has 1 aliphatic rings. The van der Waals surface area contributed by atoms with Gasteiger partial charge in [-0.2, -0.15) is 5.26 Å². The Labute approximate surface area is 153 Å². The largest absolute Gasteiger partial charge is 0.346 e. The molecule has 1 fully saturated rings. The number of hydrogen-bond donors (Lipinski definition) is 1. The summed E-state index contributed by atoms with van der Waals surface area (Å²) in [5.41, 5.74) is 2.52. The van der Waals surface area contributed by atoms with E-state index in [2.05, 4.69) is 11.4 Å². The van der Waals surface area contributed by atoms with Gasteiger partial charge in [-0.05, 0) is 55.3 Å². The van der Waals surface area contributed by atoms with E-state index >= 15 is 0 Å². The first-order chi connectivity index (χ1) is 12.4. The van der Waals surface area contributed by atoms with Gasteiger partial charge in [0.25, 0.3) is 5.91 Å². The van der Waals surface area contributed by atoms with E-state index in [0.29, 0.717) is 29.8 Å². The molecule has 0 aromatic heterocycles.